The molecule has 3 rings (SSSR count). The number of likely N-dealkylation sites (N-methyl/N-ethyl adjacent to an activating group) is 1. The zero-order chi connectivity index (χ0) is 16.4. The molecule has 1 N–H and O–H groups in total. The van der Waals surface area contributed by atoms with Crippen LogP contribution in [0.3, 0.4) is 0 Å². The quantitative estimate of drug-likeness (QED) is 0.857. The van der Waals surface area contributed by atoms with Crippen molar-refractivity contribution >= 4 is 34.4 Å². The number of nitrogens with one attached hydrogen (secondary N) is 1. The van der Waals surface area contributed by atoms with Crippen LogP contribution in [-0.4, -0.2) is 30.4 Å². The molecule has 0 atom stereocenters. The van der Waals surface area contributed by atoms with Crippen molar-refractivity contribution < 1.29 is 14.3 Å². The second-order valence-corrected chi connectivity index (χ2v) is 5.89. The highest BCUT2D eigenvalue weighted by Gasteiger charge is 2.38. The highest BCUT2D eigenvalue weighted by Crippen LogP contribution is 2.33. The molecule has 23 heavy (non-hydrogen) atoms. The smallest absolute Gasteiger partial charge is 0.278 e. The Balaban J connectivity index is 2.04. The highest BCUT2D eigenvalue weighted by atomic mass is 32.1. The first-order valence-electron chi connectivity index (χ1n) is 7.21. The summed E-state index contributed by atoms with van der Waals surface area (Å²) in [6.45, 7) is 2.13. The number of nitrogens with zero attached hydrogens (tertiary/aromatic N) is 1. The summed E-state index contributed by atoms with van der Waals surface area (Å²) in [7, 11) is 1.58. The van der Waals surface area contributed by atoms with Gasteiger partial charge in [-0.15, -0.1) is 11.3 Å². The number of ether oxygens (including phenoxy) is 1. The second-order valence-electron chi connectivity index (χ2n) is 4.94. The Morgan fingerprint density at radius 3 is 2.65 bits per heavy atom. The summed E-state index contributed by atoms with van der Waals surface area (Å²) >= 11 is 1.44. The number of carbonyl (C=O) groups excluding carboxylic acids is 2. The molecule has 0 bridgehead atoms. The molecule has 2 heterocycles. The van der Waals surface area contributed by atoms with Crippen molar-refractivity contribution in [1.29, 1.82) is 0 Å². The second kappa shape index (κ2) is 6.26. The minimum atomic E-state index is -0.302. The van der Waals surface area contributed by atoms with Gasteiger partial charge in [-0.3, -0.25) is 14.5 Å². The van der Waals surface area contributed by atoms with Gasteiger partial charge in [-0.2, -0.15) is 0 Å². The summed E-state index contributed by atoms with van der Waals surface area (Å²) in [5, 5.41) is 4.98. The molecule has 5 nitrogen and oxygen atoms in total. The lowest BCUT2D eigenvalue weighted by atomic mass is 10.2. The molecule has 1 aliphatic heterocycles. The van der Waals surface area contributed by atoms with Gasteiger partial charge in [0.25, 0.3) is 11.8 Å². The van der Waals surface area contributed by atoms with Gasteiger partial charge in [-0.05, 0) is 30.5 Å². The Kier molecular flexibility index (Phi) is 4.16. The first-order chi connectivity index (χ1) is 11.2. The van der Waals surface area contributed by atoms with Crippen LogP contribution in [0, 0.1) is 0 Å². The molecule has 118 valence electrons. The number of thiophene rings is 1. The van der Waals surface area contributed by atoms with Crippen LogP contribution in [0.15, 0.2) is 47.5 Å². The van der Waals surface area contributed by atoms with E-state index in [-0.39, 0.29) is 11.8 Å². The molecule has 1 aromatic heterocycles. The third kappa shape index (κ3) is 2.73. The Hall–Kier alpha value is -2.60. The predicted molar refractivity (Wildman–Crippen MR) is 90.2 cm³/mol. The molecular weight excluding hydrogens is 312 g/mol. The van der Waals surface area contributed by atoms with Crippen molar-refractivity contribution in [3.63, 3.8) is 0 Å². The van der Waals surface area contributed by atoms with Crippen LogP contribution in [0.25, 0.3) is 5.57 Å². The van der Waals surface area contributed by atoms with Crippen molar-refractivity contribution in [3.05, 3.63) is 52.4 Å². The first-order valence-corrected chi connectivity index (χ1v) is 8.09. The maximum Gasteiger partial charge on any atom is 0.278 e. The van der Waals surface area contributed by atoms with Crippen LogP contribution in [0.1, 0.15) is 11.8 Å². The van der Waals surface area contributed by atoms with E-state index in [0.29, 0.717) is 29.3 Å². The number of imide groups is 1. The van der Waals surface area contributed by atoms with Crippen molar-refractivity contribution in [3.8, 4) is 5.75 Å². The first kappa shape index (κ1) is 15.3. The molecule has 0 spiro atoms. The van der Waals surface area contributed by atoms with Gasteiger partial charge >= 0.3 is 0 Å². The van der Waals surface area contributed by atoms with Crippen LogP contribution in [0.2, 0.25) is 0 Å². The Bertz CT molecular complexity index is 781. The van der Waals surface area contributed by atoms with E-state index < -0.39 is 0 Å². The summed E-state index contributed by atoms with van der Waals surface area (Å²) < 4.78 is 5.19. The Labute approximate surface area is 138 Å². The number of rotatable bonds is 5. The topological polar surface area (TPSA) is 58.6 Å². The SMILES string of the molecule is CCN1C(=O)C(Nc2cccc(OC)c2)=C(c2cccs2)C1=O. The normalized spacial score (nSPS) is 14.6. The lowest BCUT2D eigenvalue weighted by Crippen LogP contribution is -2.32. The molecule has 1 aliphatic rings. The van der Waals surface area contributed by atoms with Gasteiger partial charge in [0.15, 0.2) is 0 Å². The van der Waals surface area contributed by atoms with E-state index in [0.717, 1.165) is 4.88 Å². The summed E-state index contributed by atoms with van der Waals surface area (Å²) in [6.07, 6.45) is 0. The molecule has 0 unspecified atom stereocenters. The van der Waals surface area contributed by atoms with E-state index >= 15 is 0 Å². The largest absolute Gasteiger partial charge is 0.497 e. The molecule has 0 fully saturated rings. The average molecular weight is 328 g/mol. The minimum absolute atomic E-state index is 0.259. The van der Waals surface area contributed by atoms with Crippen LogP contribution in [-0.2, 0) is 9.59 Å². The van der Waals surface area contributed by atoms with E-state index in [9.17, 15) is 9.59 Å². The van der Waals surface area contributed by atoms with Crippen LogP contribution < -0.4 is 10.1 Å². The van der Waals surface area contributed by atoms with Crippen molar-refractivity contribution in [2.75, 3.05) is 19.0 Å². The van der Waals surface area contributed by atoms with Gasteiger partial charge in [0, 0.05) is 23.2 Å². The summed E-state index contributed by atoms with van der Waals surface area (Å²) in [5.41, 5.74) is 1.44. The zero-order valence-electron chi connectivity index (χ0n) is 12.8. The van der Waals surface area contributed by atoms with Crippen LogP contribution in [0.5, 0.6) is 5.75 Å². The molecular formula is C17H16N2O3S. The summed E-state index contributed by atoms with van der Waals surface area (Å²) in [6, 6.07) is 11.0. The summed E-state index contributed by atoms with van der Waals surface area (Å²) in [5.74, 6) is 0.117. The Morgan fingerprint density at radius 1 is 1.17 bits per heavy atom. The fourth-order valence-corrected chi connectivity index (χ4v) is 3.24. The monoisotopic (exact) mass is 328 g/mol. The number of amides is 2. The van der Waals surface area contributed by atoms with E-state index in [4.69, 9.17) is 4.74 Å². The summed E-state index contributed by atoms with van der Waals surface area (Å²) in [4.78, 5) is 27.2. The van der Waals surface area contributed by atoms with Crippen LogP contribution in [0.4, 0.5) is 5.69 Å². The van der Waals surface area contributed by atoms with Crippen molar-refractivity contribution in [2.24, 2.45) is 0 Å². The molecule has 1 aromatic carbocycles. The maximum absolute atomic E-state index is 12.6. The lowest BCUT2D eigenvalue weighted by molar-refractivity contribution is -0.136. The van der Waals surface area contributed by atoms with E-state index in [2.05, 4.69) is 5.32 Å². The molecule has 0 radical (unpaired) electrons. The zero-order valence-corrected chi connectivity index (χ0v) is 13.6. The predicted octanol–water partition coefficient (Wildman–Crippen LogP) is 2.97. The molecule has 2 aromatic rings. The van der Waals surface area contributed by atoms with Gasteiger partial charge in [-0.25, -0.2) is 0 Å². The fraction of sp³-hybridized carbons (Fsp3) is 0.176. The molecule has 0 aliphatic carbocycles. The number of benzene rings is 1. The van der Waals surface area contributed by atoms with Gasteiger partial charge in [0.1, 0.15) is 11.4 Å². The Morgan fingerprint density at radius 2 is 2.00 bits per heavy atom. The minimum Gasteiger partial charge on any atom is -0.497 e. The van der Waals surface area contributed by atoms with Crippen molar-refractivity contribution in [2.45, 2.75) is 6.92 Å². The highest BCUT2D eigenvalue weighted by molar-refractivity contribution is 7.11. The van der Waals surface area contributed by atoms with E-state index in [1.165, 1.54) is 16.2 Å². The van der Waals surface area contributed by atoms with Gasteiger partial charge in [-0.1, -0.05) is 12.1 Å². The van der Waals surface area contributed by atoms with Crippen molar-refractivity contribution in [1.82, 2.24) is 4.90 Å². The fourth-order valence-electron chi connectivity index (χ4n) is 2.47. The third-order valence-corrected chi connectivity index (χ3v) is 4.48. The number of anilines is 1. The number of hydrogen-bond acceptors (Lipinski definition) is 5. The van der Waals surface area contributed by atoms with E-state index in [1.54, 1.807) is 20.1 Å². The number of methoxy groups -OCH3 is 1. The van der Waals surface area contributed by atoms with Gasteiger partial charge in [0.2, 0.25) is 0 Å². The average Bonchev–Trinajstić information content (AvgIpc) is 3.15. The number of carbonyl (C=O) groups is 2. The third-order valence-electron chi connectivity index (χ3n) is 3.59. The molecule has 6 heteroatoms. The van der Waals surface area contributed by atoms with Gasteiger partial charge in [0.05, 0.1) is 12.7 Å². The molecule has 0 saturated carbocycles. The standard InChI is InChI=1S/C17H16N2O3S/c1-3-19-16(20)14(13-8-5-9-23-13)15(17(19)21)18-11-6-4-7-12(10-11)22-2/h4-10,18H,3H2,1-2H3. The maximum atomic E-state index is 12.6. The molecule has 0 saturated heterocycles. The molecule has 2 amide bonds. The van der Waals surface area contributed by atoms with Crippen LogP contribution >= 0.6 is 11.3 Å². The van der Waals surface area contributed by atoms with E-state index in [1.807, 2.05) is 35.7 Å². The number of hydrogen-bond donors (Lipinski definition) is 1. The lowest BCUT2D eigenvalue weighted by Gasteiger charge is -2.12. The van der Waals surface area contributed by atoms with Gasteiger partial charge < -0.3 is 10.1 Å².